The fourth-order valence-corrected chi connectivity index (χ4v) is 3.59. The Bertz CT molecular complexity index is 949. The molecule has 3 rings (SSSR count). The van der Waals surface area contributed by atoms with Crippen LogP contribution in [0.15, 0.2) is 42.5 Å². The Morgan fingerprint density at radius 2 is 1.87 bits per heavy atom. The molecule has 0 saturated heterocycles. The summed E-state index contributed by atoms with van der Waals surface area (Å²) in [5.41, 5.74) is 4.41. The molecule has 1 unspecified atom stereocenters. The largest absolute Gasteiger partial charge is 0.493 e. The maximum absolute atomic E-state index is 8.73. The molecule has 5 nitrogen and oxygen atoms in total. The van der Waals surface area contributed by atoms with Crippen molar-refractivity contribution in [2.24, 2.45) is 5.92 Å². The predicted molar refractivity (Wildman–Crippen MR) is 122 cm³/mol. The van der Waals surface area contributed by atoms with Crippen molar-refractivity contribution < 1.29 is 14.2 Å². The van der Waals surface area contributed by atoms with Gasteiger partial charge in [0.15, 0.2) is 11.5 Å². The lowest BCUT2D eigenvalue weighted by Gasteiger charge is -2.18. The third-order valence-corrected chi connectivity index (χ3v) is 5.28. The number of nitrogens with one attached hydrogen (secondary N) is 2. The molecule has 0 saturated carbocycles. The molecule has 30 heavy (non-hydrogen) atoms. The van der Waals surface area contributed by atoms with Gasteiger partial charge in [-0.3, -0.25) is 0 Å². The van der Waals surface area contributed by atoms with Crippen molar-refractivity contribution in [1.82, 2.24) is 0 Å². The number of fused-ring (bicyclic) bond motifs is 1. The summed E-state index contributed by atoms with van der Waals surface area (Å²) < 4.78 is 17.2. The molecule has 1 aliphatic rings. The summed E-state index contributed by atoms with van der Waals surface area (Å²) in [7, 11) is 0. The fraction of sp³-hybridized carbons (Fsp3) is 0.360. The van der Waals surface area contributed by atoms with E-state index in [1.54, 1.807) is 0 Å². The van der Waals surface area contributed by atoms with Crippen molar-refractivity contribution in [3.63, 3.8) is 0 Å². The third-order valence-electron chi connectivity index (χ3n) is 5.28. The summed E-state index contributed by atoms with van der Waals surface area (Å²) >= 11 is 0. The Morgan fingerprint density at radius 3 is 2.57 bits per heavy atom. The van der Waals surface area contributed by atoms with Crippen LogP contribution in [0.2, 0.25) is 0 Å². The second-order valence-corrected chi connectivity index (χ2v) is 7.42. The highest BCUT2D eigenvalue weighted by Crippen LogP contribution is 2.40. The third kappa shape index (κ3) is 4.73. The van der Waals surface area contributed by atoms with Gasteiger partial charge in [-0.15, -0.1) is 0 Å². The summed E-state index contributed by atoms with van der Waals surface area (Å²) in [6, 6.07) is 11.9. The first-order chi connectivity index (χ1) is 14.6. The van der Waals surface area contributed by atoms with Crippen molar-refractivity contribution in [3.8, 4) is 17.2 Å². The van der Waals surface area contributed by atoms with Crippen LogP contribution in [0.25, 0.3) is 5.57 Å². The summed E-state index contributed by atoms with van der Waals surface area (Å²) in [5, 5.41) is 16.2. The molecule has 1 aliphatic heterocycles. The average Bonchev–Trinajstić information content (AvgIpc) is 3.21. The van der Waals surface area contributed by atoms with Gasteiger partial charge in [0, 0.05) is 17.2 Å². The highest BCUT2D eigenvalue weighted by Gasteiger charge is 2.21. The van der Waals surface area contributed by atoms with Crippen LogP contribution in [0.4, 0.5) is 0 Å². The van der Waals surface area contributed by atoms with Crippen LogP contribution < -0.4 is 14.2 Å². The molecule has 0 fully saturated rings. The van der Waals surface area contributed by atoms with Gasteiger partial charge in [0.25, 0.3) is 0 Å². The van der Waals surface area contributed by atoms with E-state index in [1.807, 2.05) is 49.4 Å². The number of allylic oxidation sites excluding steroid dienone is 1. The van der Waals surface area contributed by atoms with Gasteiger partial charge in [0.05, 0.1) is 6.61 Å². The van der Waals surface area contributed by atoms with E-state index in [4.69, 9.17) is 25.0 Å². The summed E-state index contributed by atoms with van der Waals surface area (Å²) in [6.45, 7) is 7.04. The van der Waals surface area contributed by atoms with E-state index in [9.17, 15) is 0 Å². The Labute approximate surface area is 178 Å². The van der Waals surface area contributed by atoms with E-state index < -0.39 is 0 Å². The SMILES string of the molecule is CCCOc1ccccc1C(=CC(=N)C(CC)CC=N)c1cc2c(cc1C)OCO2. The quantitative estimate of drug-likeness (QED) is 0.473. The van der Waals surface area contributed by atoms with Crippen LogP contribution in [0, 0.1) is 23.7 Å². The zero-order valence-corrected chi connectivity index (χ0v) is 18.0. The van der Waals surface area contributed by atoms with Crippen molar-refractivity contribution in [1.29, 1.82) is 10.8 Å². The standard InChI is InChI=1S/C25H30N2O3/c1-4-12-28-23-9-7-6-8-19(23)21(14-22(27)18(5-2)10-11-26)20-15-25-24(13-17(20)3)29-16-30-25/h6-9,11,13-15,18,26-27H,4-5,10,12,16H2,1-3H3. The van der Waals surface area contributed by atoms with E-state index in [0.717, 1.165) is 46.6 Å². The van der Waals surface area contributed by atoms with Crippen LogP contribution in [0.5, 0.6) is 17.2 Å². The molecule has 5 heteroatoms. The number of benzene rings is 2. The molecule has 0 radical (unpaired) electrons. The first-order valence-electron chi connectivity index (χ1n) is 10.5. The maximum atomic E-state index is 8.73. The topological polar surface area (TPSA) is 75.4 Å². The molecule has 1 atom stereocenters. The first-order valence-corrected chi connectivity index (χ1v) is 10.5. The average molecular weight is 407 g/mol. The normalized spacial score (nSPS) is 13.8. The summed E-state index contributed by atoms with van der Waals surface area (Å²) in [4.78, 5) is 0. The van der Waals surface area contributed by atoms with Crippen LogP contribution in [0.3, 0.4) is 0 Å². The Morgan fingerprint density at radius 1 is 1.13 bits per heavy atom. The Kier molecular flexibility index (Phi) is 7.28. The molecule has 0 amide bonds. The van der Waals surface area contributed by atoms with Gasteiger partial charge in [-0.05, 0) is 73.4 Å². The van der Waals surface area contributed by atoms with Crippen molar-refractivity contribution in [2.75, 3.05) is 13.4 Å². The Balaban J connectivity index is 2.15. The van der Waals surface area contributed by atoms with E-state index in [-0.39, 0.29) is 12.7 Å². The number of para-hydroxylation sites is 1. The molecular weight excluding hydrogens is 376 g/mol. The molecule has 0 bridgehead atoms. The van der Waals surface area contributed by atoms with Gasteiger partial charge in [-0.2, -0.15) is 0 Å². The number of hydrogen-bond donors (Lipinski definition) is 2. The number of aryl methyl sites for hydroxylation is 1. The van der Waals surface area contributed by atoms with Gasteiger partial charge >= 0.3 is 0 Å². The first kappa shape index (κ1) is 21.6. The second kappa shape index (κ2) is 10.1. The van der Waals surface area contributed by atoms with Crippen LogP contribution in [-0.4, -0.2) is 25.3 Å². The summed E-state index contributed by atoms with van der Waals surface area (Å²) in [5.74, 6) is 2.27. The van der Waals surface area contributed by atoms with Gasteiger partial charge < -0.3 is 25.0 Å². The highest BCUT2D eigenvalue weighted by atomic mass is 16.7. The highest BCUT2D eigenvalue weighted by molar-refractivity contribution is 6.04. The molecule has 2 aromatic carbocycles. The van der Waals surface area contributed by atoms with E-state index in [0.29, 0.717) is 24.5 Å². The summed E-state index contributed by atoms with van der Waals surface area (Å²) in [6.07, 6.45) is 5.61. The lowest BCUT2D eigenvalue weighted by Crippen LogP contribution is -2.12. The molecule has 0 spiro atoms. The molecule has 0 aromatic heterocycles. The second-order valence-electron chi connectivity index (χ2n) is 7.42. The van der Waals surface area contributed by atoms with Crippen molar-refractivity contribution >= 4 is 17.5 Å². The molecule has 0 aliphatic carbocycles. The zero-order valence-electron chi connectivity index (χ0n) is 18.0. The Hall–Kier alpha value is -3.08. The van der Waals surface area contributed by atoms with E-state index >= 15 is 0 Å². The number of ether oxygens (including phenoxy) is 3. The minimum atomic E-state index is 0.00976. The number of rotatable bonds is 10. The maximum Gasteiger partial charge on any atom is 0.231 e. The van der Waals surface area contributed by atoms with Gasteiger partial charge in [-0.25, -0.2) is 0 Å². The van der Waals surface area contributed by atoms with Gasteiger partial charge in [0.1, 0.15) is 5.75 Å². The lowest BCUT2D eigenvalue weighted by molar-refractivity contribution is 0.174. The van der Waals surface area contributed by atoms with Crippen molar-refractivity contribution in [3.05, 3.63) is 59.2 Å². The lowest BCUT2D eigenvalue weighted by atomic mass is 9.88. The van der Waals surface area contributed by atoms with Gasteiger partial charge in [0.2, 0.25) is 6.79 Å². The molecule has 1 heterocycles. The minimum Gasteiger partial charge on any atom is -0.493 e. The predicted octanol–water partition coefficient (Wildman–Crippen LogP) is 6.03. The molecule has 2 N–H and O–H groups in total. The van der Waals surface area contributed by atoms with E-state index in [2.05, 4.69) is 13.8 Å². The molecule has 2 aromatic rings. The van der Waals surface area contributed by atoms with Crippen LogP contribution in [-0.2, 0) is 0 Å². The monoisotopic (exact) mass is 406 g/mol. The fourth-order valence-electron chi connectivity index (χ4n) is 3.59. The molecule has 158 valence electrons. The number of hydrogen-bond acceptors (Lipinski definition) is 5. The minimum absolute atomic E-state index is 0.00976. The van der Waals surface area contributed by atoms with Gasteiger partial charge in [-0.1, -0.05) is 32.0 Å². The molecular formula is C25H30N2O3. The van der Waals surface area contributed by atoms with Crippen LogP contribution in [0.1, 0.15) is 49.8 Å². The van der Waals surface area contributed by atoms with Crippen molar-refractivity contribution in [2.45, 2.75) is 40.0 Å². The zero-order chi connectivity index (χ0) is 21.5. The van der Waals surface area contributed by atoms with E-state index in [1.165, 1.54) is 6.21 Å². The smallest absolute Gasteiger partial charge is 0.231 e. The van der Waals surface area contributed by atoms with Crippen LogP contribution >= 0.6 is 0 Å².